The zero-order valence-corrected chi connectivity index (χ0v) is 15.9. The fourth-order valence-electron chi connectivity index (χ4n) is 5.13. The minimum Gasteiger partial charge on any atom is -0.445 e. The van der Waals surface area contributed by atoms with Gasteiger partial charge in [0.05, 0.1) is 19.3 Å². The third-order valence-electron chi connectivity index (χ3n) is 6.66. The van der Waals surface area contributed by atoms with Gasteiger partial charge in [-0.3, -0.25) is 0 Å². The third kappa shape index (κ3) is 3.11. The number of hydrogen-bond donors (Lipinski definition) is 0. The van der Waals surface area contributed by atoms with Gasteiger partial charge in [-0.2, -0.15) is 0 Å². The smallest absolute Gasteiger partial charge is 0.410 e. The molecule has 7 heteroatoms. The van der Waals surface area contributed by atoms with Gasteiger partial charge in [0.25, 0.3) is 0 Å². The van der Waals surface area contributed by atoms with Gasteiger partial charge in [-0.05, 0) is 18.4 Å². The summed E-state index contributed by atoms with van der Waals surface area (Å²) >= 11 is 0. The Morgan fingerprint density at radius 2 is 1.82 bits per heavy atom. The Morgan fingerprint density at radius 3 is 2.43 bits per heavy atom. The molecule has 4 fully saturated rings. The molecule has 1 spiro atoms. The van der Waals surface area contributed by atoms with Crippen molar-refractivity contribution in [2.24, 2.45) is 0 Å². The van der Waals surface area contributed by atoms with Gasteiger partial charge in [-0.1, -0.05) is 30.3 Å². The molecule has 1 aromatic rings. The molecule has 0 saturated carbocycles. The van der Waals surface area contributed by atoms with Crippen molar-refractivity contribution in [1.29, 1.82) is 0 Å². The van der Waals surface area contributed by atoms with Crippen molar-refractivity contribution in [3.63, 3.8) is 0 Å². The number of benzene rings is 1. The fourth-order valence-corrected chi connectivity index (χ4v) is 5.13. The van der Waals surface area contributed by atoms with Crippen LogP contribution < -0.4 is 0 Å². The molecule has 7 nitrogen and oxygen atoms in total. The number of hydrogen-bond acceptors (Lipinski definition) is 5. The van der Waals surface area contributed by atoms with Gasteiger partial charge < -0.3 is 24.0 Å². The van der Waals surface area contributed by atoms with Crippen LogP contribution >= 0.6 is 0 Å². The topological polar surface area (TPSA) is 68.3 Å². The summed E-state index contributed by atoms with van der Waals surface area (Å²) in [5.74, 6) is 0. The molecule has 2 amide bonds. The lowest BCUT2D eigenvalue weighted by Gasteiger charge is -2.50. The van der Waals surface area contributed by atoms with Gasteiger partial charge in [-0.15, -0.1) is 0 Å². The minimum absolute atomic E-state index is 0.0911. The van der Waals surface area contributed by atoms with Crippen molar-refractivity contribution >= 4 is 12.2 Å². The Morgan fingerprint density at radius 1 is 1.11 bits per heavy atom. The lowest BCUT2D eigenvalue weighted by Crippen LogP contribution is -2.62. The quantitative estimate of drug-likeness (QED) is 0.799. The Balaban J connectivity index is 1.21. The lowest BCUT2D eigenvalue weighted by molar-refractivity contribution is -0.128. The van der Waals surface area contributed by atoms with E-state index >= 15 is 0 Å². The highest BCUT2D eigenvalue weighted by molar-refractivity contribution is 5.71. The Hall–Kier alpha value is -2.28. The van der Waals surface area contributed by atoms with Crippen LogP contribution in [0.15, 0.2) is 30.3 Å². The second-order valence-corrected chi connectivity index (χ2v) is 8.43. The maximum atomic E-state index is 12.7. The first-order valence-corrected chi connectivity index (χ1v) is 10.2. The maximum absolute atomic E-state index is 12.7. The van der Waals surface area contributed by atoms with E-state index in [2.05, 4.69) is 0 Å². The van der Waals surface area contributed by atoms with Crippen molar-refractivity contribution in [3.05, 3.63) is 35.9 Å². The molecule has 5 rings (SSSR count). The Bertz CT molecular complexity index is 736. The predicted molar refractivity (Wildman–Crippen MR) is 99.7 cm³/mol. The average molecular weight is 386 g/mol. The predicted octanol–water partition coefficient (Wildman–Crippen LogP) is 2.93. The fraction of sp³-hybridized carbons (Fsp3) is 0.619. The molecule has 2 bridgehead atoms. The lowest BCUT2D eigenvalue weighted by atomic mass is 9.82. The van der Waals surface area contributed by atoms with Gasteiger partial charge >= 0.3 is 12.2 Å². The summed E-state index contributed by atoms with van der Waals surface area (Å²) < 4.78 is 16.8. The third-order valence-corrected chi connectivity index (χ3v) is 6.66. The highest BCUT2D eigenvalue weighted by Crippen LogP contribution is 2.46. The number of nitrogens with zero attached hydrogens (tertiary/aromatic N) is 2. The van der Waals surface area contributed by atoms with E-state index in [1.807, 2.05) is 35.2 Å². The summed E-state index contributed by atoms with van der Waals surface area (Å²) in [6, 6.07) is 10.1. The molecule has 0 N–H and O–H groups in total. The first-order valence-electron chi connectivity index (χ1n) is 10.2. The van der Waals surface area contributed by atoms with E-state index in [1.165, 1.54) is 0 Å². The number of amides is 2. The van der Waals surface area contributed by atoms with Gasteiger partial charge in [0, 0.05) is 37.9 Å². The second-order valence-electron chi connectivity index (χ2n) is 8.43. The number of ether oxygens (including phenoxy) is 3. The molecule has 4 heterocycles. The largest absolute Gasteiger partial charge is 0.445 e. The Labute approximate surface area is 164 Å². The van der Waals surface area contributed by atoms with Crippen LogP contribution in [0.2, 0.25) is 0 Å². The molecular weight excluding hydrogens is 360 g/mol. The molecule has 4 aliphatic rings. The number of carbonyl (C=O) groups is 2. The number of carbonyl (C=O) groups excluding carboxylic acids is 2. The highest BCUT2D eigenvalue weighted by Gasteiger charge is 2.55. The Kier molecular flexibility index (Phi) is 4.42. The van der Waals surface area contributed by atoms with E-state index in [-0.39, 0.29) is 36.9 Å². The second kappa shape index (κ2) is 6.95. The van der Waals surface area contributed by atoms with Crippen LogP contribution in [0.5, 0.6) is 0 Å². The van der Waals surface area contributed by atoms with Crippen LogP contribution in [0.3, 0.4) is 0 Å². The summed E-state index contributed by atoms with van der Waals surface area (Å²) in [5, 5.41) is 0. The first kappa shape index (κ1) is 17.8. The maximum Gasteiger partial charge on any atom is 0.410 e. The number of piperidine rings is 1. The zero-order chi connectivity index (χ0) is 19.1. The SMILES string of the molecule is O=C1OC2(CCN1C1COC1)CC1CCC(C2)N1C(=O)OCc1ccccc1. The summed E-state index contributed by atoms with van der Waals surface area (Å²) in [7, 11) is 0. The molecule has 0 radical (unpaired) electrons. The molecule has 1 aromatic carbocycles. The first-order chi connectivity index (χ1) is 13.6. The van der Waals surface area contributed by atoms with Gasteiger partial charge in [-0.25, -0.2) is 9.59 Å². The normalized spacial score (nSPS) is 32.2. The van der Waals surface area contributed by atoms with E-state index < -0.39 is 5.60 Å². The van der Waals surface area contributed by atoms with E-state index in [9.17, 15) is 9.59 Å². The van der Waals surface area contributed by atoms with E-state index in [4.69, 9.17) is 14.2 Å². The van der Waals surface area contributed by atoms with E-state index in [0.29, 0.717) is 32.6 Å². The van der Waals surface area contributed by atoms with E-state index in [1.54, 1.807) is 4.90 Å². The molecule has 4 saturated heterocycles. The van der Waals surface area contributed by atoms with Crippen molar-refractivity contribution in [2.45, 2.75) is 62.4 Å². The molecule has 4 aliphatic heterocycles. The van der Waals surface area contributed by atoms with Gasteiger partial charge in [0.15, 0.2) is 0 Å². The van der Waals surface area contributed by atoms with Crippen LogP contribution in [0.4, 0.5) is 9.59 Å². The highest BCUT2D eigenvalue weighted by atomic mass is 16.6. The van der Waals surface area contributed by atoms with Gasteiger partial charge in [0.1, 0.15) is 12.2 Å². The summed E-state index contributed by atoms with van der Waals surface area (Å²) in [6.07, 6.45) is 3.68. The van der Waals surface area contributed by atoms with Crippen LogP contribution in [-0.2, 0) is 20.8 Å². The summed E-state index contributed by atoms with van der Waals surface area (Å²) in [6.45, 7) is 2.21. The molecule has 28 heavy (non-hydrogen) atoms. The number of rotatable bonds is 3. The molecule has 0 aromatic heterocycles. The van der Waals surface area contributed by atoms with Crippen LogP contribution in [0.1, 0.15) is 37.7 Å². The van der Waals surface area contributed by atoms with Crippen molar-refractivity contribution in [2.75, 3.05) is 19.8 Å². The van der Waals surface area contributed by atoms with Crippen molar-refractivity contribution in [1.82, 2.24) is 9.80 Å². The molecule has 150 valence electrons. The average Bonchev–Trinajstić information content (AvgIpc) is 2.94. The minimum atomic E-state index is -0.430. The van der Waals surface area contributed by atoms with Crippen LogP contribution in [-0.4, -0.2) is 65.5 Å². The molecule has 2 unspecified atom stereocenters. The monoisotopic (exact) mass is 386 g/mol. The molecular formula is C21H26N2O5. The van der Waals surface area contributed by atoms with Crippen LogP contribution in [0.25, 0.3) is 0 Å². The van der Waals surface area contributed by atoms with E-state index in [0.717, 1.165) is 24.8 Å². The zero-order valence-electron chi connectivity index (χ0n) is 15.9. The van der Waals surface area contributed by atoms with Crippen LogP contribution in [0, 0.1) is 0 Å². The van der Waals surface area contributed by atoms with Gasteiger partial charge in [0.2, 0.25) is 0 Å². The summed E-state index contributed by atoms with van der Waals surface area (Å²) in [5.41, 5.74) is 0.554. The van der Waals surface area contributed by atoms with Crippen molar-refractivity contribution in [3.8, 4) is 0 Å². The van der Waals surface area contributed by atoms with Crippen molar-refractivity contribution < 1.29 is 23.8 Å². The number of fused-ring (bicyclic) bond motifs is 2. The molecule has 0 aliphatic carbocycles. The molecule has 2 atom stereocenters. The standard InChI is InChI=1S/C21H26N2O5/c24-19-22(18-13-26-14-18)9-8-21(28-19)10-16-6-7-17(11-21)23(16)20(25)27-12-15-4-2-1-3-5-15/h1-5,16-18H,6-14H2. The summed E-state index contributed by atoms with van der Waals surface area (Å²) in [4.78, 5) is 29.0.